The minimum absolute atomic E-state index is 0.403. The van der Waals surface area contributed by atoms with E-state index in [1.807, 2.05) is 0 Å². The molecule has 0 unspecified atom stereocenters. The molecule has 2 nitrogen and oxygen atoms in total. The third-order valence-corrected chi connectivity index (χ3v) is 3.25. The van der Waals surface area contributed by atoms with Gasteiger partial charge in [0.15, 0.2) is 23.3 Å². The van der Waals surface area contributed by atoms with Crippen molar-refractivity contribution < 1.29 is 27.1 Å². The zero-order valence-electron chi connectivity index (χ0n) is 9.82. The van der Waals surface area contributed by atoms with Crippen LogP contribution in [0.15, 0.2) is 0 Å². The maximum absolute atomic E-state index is 13.4. The molecular weight excluding hydrogens is 269 g/mol. The van der Waals surface area contributed by atoms with Crippen LogP contribution in [-0.4, -0.2) is 17.3 Å². The van der Waals surface area contributed by atoms with E-state index in [2.05, 4.69) is 5.32 Å². The van der Waals surface area contributed by atoms with Gasteiger partial charge in [0.1, 0.15) is 5.69 Å². The minimum Gasteiger partial charge on any atom is -0.393 e. The van der Waals surface area contributed by atoms with Crippen molar-refractivity contribution >= 4 is 5.69 Å². The van der Waals surface area contributed by atoms with Crippen molar-refractivity contribution in [3.63, 3.8) is 0 Å². The Balaban J connectivity index is 2.25. The number of aliphatic hydroxyl groups is 1. The van der Waals surface area contributed by atoms with Crippen molar-refractivity contribution in [2.75, 3.05) is 5.32 Å². The summed E-state index contributed by atoms with van der Waals surface area (Å²) in [7, 11) is 0. The second-order valence-electron chi connectivity index (χ2n) is 4.59. The highest BCUT2D eigenvalue weighted by atomic mass is 19.2. The third kappa shape index (κ3) is 2.65. The SMILES string of the molecule is OC1CCC(Nc2c(F)c(F)c(F)c(F)c2F)CC1. The van der Waals surface area contributed by atoms with Crippen LogP contribution in [0.1, 0.15) is 25.7 Å². The lowest BCUT2D eigenvalue weighted by Crippen LogP contribution is -2.29. The molecule has 1 aliphatic rings. The molecule has 1 aliphatic carbocycles. The van der Waals surface area contributed by atoms with Crippen LogP contribution in [0.5, 0.6) is 0 Å². The second kappa shape index (κ2) is 5.32. The first kappa shape index (κ1) is 14.0. The van der Waals surface area contributed by atoms with Gasteiger partial charge >= 0.3 is 0 Å². The molecule has 0 heterocycles. The number of anilines is 1. The number of hydrogen-bond acceptors (Lipinski definition) is 2. The lowest BCUT2D eigenvalue weighted by atomic mass is 9.93. The van der Waals surface area contributed by atoms with Gasteiger partial charge in [0.25, 0.3) is 0 Å². The highest BCUT2D eigenvalue weighted by molar-refractivity contribution is 5.48. The van der Waals surface area contributed by atoms with Crippen LogP contribution in [0, 0.1) is 29.1 Å². The Morgan fingerprint density at radius 3 is 1.63 bits per heavy atom. The highest BCUT2D eigenvalue weighted by Gasteiger charge is 2.28. The van der Waals surface area contributed by atoms with Crippen LogP contribution in [0.25, 0.3) is 0 Å². The number of hydrogen-bond donors (Lipinski definition) is 2. The van der Waals surface area contributed by atoms with E-state index >= 15 is 0 Å². The molecule has 19 heavy (non-hydrogen) atoms. The Kier molecular flexibility index (Phi) is 3.93. The minimum atomic E-state index is -2.17. The van der Waals surface area contributed by atoms with Gasteiger partial charge in [-0.1, -0.05) is 0 Å². The Hall–Kier alpha value is -1.37. The molecule has 0 spiro atoms. The summed E-state index contributed by atoms with van der Waals surface area (Å²) in [6.45, 7) is 0. The molecule has 7 heteroatoms. The quantitative estimate of drug-likeness (QED) is 0.496. The number of nitrogens with one attached hydrogen (secondary N) is 1. The van der Waals surface area contributed by atoms with E-state index in [1.54, 1.807) is 0 Å². The number of aliphatic hydroxyl groups excluding tert-OH is 1. The highest BCUT2D eigenvalue weighted by Crippen LogP contribution is 2.30. The van der Waals surface area contributed by atoms with Gasteiger partial charge in [-0.15, -0.1) is 0 Å². The molecular formula is C12H12F5NO. The molecule has 0 radical (unpaired) electrons. The average Bonchev–Trinajstić information content (AvgIpc) is 2.41. The molecule has 0 atom stereocenters. The first-order valence-electron chi connectivity index (χ1n) is 5.87. The molecule has 2 rings (SSSR count). The Morgan fingerprint density at radius 1 is 0.737 bits per heavy atom. The zero-order valence-corrected chi connectivity index (χ0v) is 9.82. The van der Waals surface area contributed by atoms with Crippen LogP contribution >= 0.6 is 0 Å². The van der Waals surface area contributed by atoms with Gasteiger partial charge in [-0.25, -0.2) is 22.0 Å². The Labute approximate surface area is 106 Å². The summed E-state index contributed by atoms with van der Waals surface area (Å²) in [5.41, 5.74) is -1.00. The number of halogens is 5. The van der Waals surface area contributed by atoms with E-state index in [-0.39, 0.29) is 0 Å². The van der Waals surface area contributed by atoms with Crippen molar-refractivity contribution in [1.82, 2.24) is 0 Å². The summed E-state index contributed by atoms with van der Waals surface area (Å²) in [5.74, 6) is -9.81. The fourth-order valence-corrected chi connectivity index (χ4v) is 2.16. The third-order valence-electron chi connectivity index (χ3n) is 3.25. The van der Waals surface area contributed by atoms with Gasteiger partial charge in [-0.2, -0.15) is 0 Å². The van der Waals surface area contributed by atoms with Crippen molar-refractivity contribution in [1.29, 1.82) is 0 Å². The Morgan fingerprint density at radius 2 is 1.16 bits per heavy atom. The van der Waals surface area contributed by atoms with Gasteiger partial charge in [-0.3, -0.25) is 0 Å². The van der Waals surface area contributed by atoms with Crippen LogP contribution in [-0.2, 0) is 0 Å². The van der Waals surface area contributed by atoms with E-state index in [0.29, 0.717) is 25.7 Å². The van der Waals surface area contributed by atoms with E-state index in [9.17, 15) is 27.1 Å². The van der Waals surface area contributed by atoms with Crippen molar-refractivity contribution in [3.05, 3.63) is 29.1 Å². The van der Waals surface area contributed by atoms with Gasteiger partial charge in [0.05, 0.1) is 6.10 Å². The normalized spacial score (nSPS) is 23.5. The second-order valence-corrected chi connectivity index (χ2v) is 4.59. The summed E-state index contributed by atoms with van der Waals surface area (Å²) in [4.78, 5) is 0. The molecule has 0 amide bonds. The fourth-order valence-electron chi connectivity index (χ4n) is 2.16. The van der Waals surface area contributed by atoms with E-state index in [1.165, 1.54) is 0 Å². The molecule has 0 aliphatic heterocycles. The summed E-state index contributed by atoms with van der Waals surface area (Å²) in [5, 5.41) is 11.6. The van der Waals surface area contributed by atoms with Crippen LogP contribution < -0.4 is 5.32 Å². The van der Waals surface area contributed by atoms with Gasteiger partial charge in [-0.05, 0) is 25.7 Å². The maximum Gasteiger partial charge on any atom is 0.200 e. The summed E-state index contributed by atoms with van der Waals surface area (Å²) in [6.07, 6.45) is 1.18. The van der Waals surface area contributed by atoms with Crippen molar-refractivity contribution in [2.24, 2.45) is 0 Å². The van der Waals surface area contributed by atoms with Gasteiger partial charge in [0, 0.05) is 6.04 Å². The summed E-state index contributed by atoms with van der Waals surface area (Å²) >= 11 is 0. The maximum atomic E-state index is 13.4. The van der Waals surface area contributed by atoms with E-state index in [4.69, 9.17) is 0 Å². The summed E-state index contributed by atoms with van der Waals surface area (Å²) < 4.78 is 65.6. The lowest BCUT2D eigenvalue weighted by molar-refractivity contribution is 0.126. The molecule has 0 bridgehead atoms. The molecule has 1 aromatic rings. The topological polar surface area (TPSA) is 32.3 Å². The van der Waals surface area contributed by atoms with Crippen LogP contribution in [0.4, 0.5) is 27.6 Å². The molecule has 1 aromatic carbocycles. The average molecular weight is 281 g/mol. The van der Waals surface area contributed by atoms with Crippen molar-refractivity contribution in [2.45, 2.75) is 37.8 Å². The Bertz CT molecular complexity index is 456. The van der Waals surface area contributed by atoms with E-state index < -0.39 is 46.9 Å². The van der Waals surface area contributed by atoms with E-state index in [0.717, 1.165) is 0 Å². The smallest absolute Gasteiger partial charge is 0.200 e. The molecule has 1 saturated carbocycles. The predicted octanol–water partition coefficient (Wildman–Crippen LogP) is 3.10. The standard InChI is InChI=1S/C12H12F5NO/c13-7-8(14)10(16)12(11(17)9(7)15)18-5-1-3-6(19)4-2-5/h5-6,18-19H,1-4H2. The largest absolute Gasteiger partial charge is 0.393 e. The van der Waals surface area contributed by atoms with Crippen molar-refractivity contribution in [3.8, 4) is 0 Å². The number of rotatable bonds is 2. The first-order chi connectivity index (χ1) is 8.91. The van der Waals surface area contributed by atoms with Crippen LogP contribution in [0.3, 0.4) is 0 Å². The molecule has 0 saturated heterocycles. The fraction of sp³-hybridized carbons (Fsp3) is 0.500. The van der Waals surface area contributed by atoms with Gasteiger partial charge in [0.2, 0.25) is 5.82 Å². The predicted molar refractivity (Wildman–Crippen MR) is 58.1 cm³/mol. The zero-order chi connectivity index (χ0) is 14.2. The van der Waals surface area contributed by atoms with Gasteiger partial charge < -0.3 is 10.4 Å². The first-order valence-corrected chi connectivity index (χ1v) is 5.87. The lowest BCUT2D eigenvalue weighted by Gasteiger charge is -2.27. The monoisotopic (exact) mass is 281 g/mol. The molecule has 2 N–H and O–H groups in total. The summed E-state index contributed by atoms with van der Waals surface area (Å²) in [6, 6.07) is -0.420. The molecule has 1 fully saturated rings. The molecule has 106 valence electrons. The van der Waals surface area contributed by atoms with Crippen LogP contribution in [0.2, 0.25) is 0 Å². The number of benzene rings is 1. The molecule has 0 aromatic heterocycles.